The minimum atomic E-state index is -0.189. The molecule has 1 N–H and O–H groups in total. The maximum absolute atomic E-state index is 12.0. The first kappa shape index (κ1) is 15.3. The summed E-state index contributed by atoms with van der Waals surface area (Å²) in [6.45, 7) is 3.67. The van der Waals surface area contributed by atoms with Crippen LogP contribution in [-0.4, -0.2) is 31.6 Å². The molecular formula is C15H15N5O2S. The second-order valence-corrected chi connectivity index (χ2v) is 5.81. The second kappa shape index (κ2) is 6.66. The third-order valence-corrected chi connectivity index (χ3v) is 3.96. The zero-order valence-electron chi connectivity index (χ0n) is 12.7. The van der Waals surface area contributed by atoms with Gasteiger partial charge in [-0.15, -0.1) is 10.2 Å². The van der Waals surface area contributed by atoms with Gasteiger partial charge in [0.2, 0.25) is 11.8 Å². The molecule has 0 radical (unpaired) electrons. The zero-order valence-corrected chi connectivity index (χ0v) is 13.5. The molecule has 0 unspecified atom stereocenters. The summed E-state index contributed by atoms with van der Waals surface area (Å²) >= 11 is 1.31. The van der Waals surface area contributed by atoms with Gasteiger partial charge >= 0.3 is 0 Å². The number of amides is 1. The molecule has 0 aliphatic rings. The number of rotatable bonds is 5. The van der Waals surface area contributed by atoms with Crippen molar-refractivity contribution in [3.8, 4) is 5.69 Å². The molecule has 8 heteroatoms. The van der Waals surface area contributed by atoms with Crippen LogP contribution < -0.4 is 5.32 Å². The first-order valence-corrected chi connectivity index (χ1v) is 7.95. The molecule has 118 valence electrons. The van der Waals surface area contributed by atoms with Crippen LogP contribution in [-0.2, 0) is 4.79 Å². The molecule has 0 fully saturated rings. The molecule has 0 aliphatic carbocycles. The van der Waals surface area contributed by atoms with Crippen molar-refractivity contribution in [2.45, 2.75) is 19.0 Å². The number of hydrogen-bond donors (Lipinski definition) is 1. The lowest BCUT2D eigenvalue weighted by Crippen LogP contribution is -2.14. The van der Waals surface area contributed by atoms with Gasteiger partial charge in [0.05, 0.1) is 11.4 Å². The molecule has 1 aromatic carbocycles. The normalized spacial score (nSPS) is 10.7. The largest absolute Gasteiger partial charge is 0.338 e. The van der Waals surface area contributed by atoms with Gasteiger partial charge in [-0.2, -0.15) is 0 Å². The third kappa shape index (κ3) is 3.59. The number of nitrogens with one attached hydrogen (secondary N) is 1. The summed E-state index contributed by atoms with van der Waals surface area (Å²) in [5.74, 6) is 1.12. The molecule has 0 aliphatic heterocycles. The van der Waals surface area contributed by atoms with E-state index in [9.17, 15) is 4.79 Å². The fourth-order valence-electron chi connectivity index (χ4n) is 2.04. The topological polar surface area (TPSA) is 85.8 Å². The SMILES string of the molecule is Cc1cc(NC(=O)CSc2nnc(C)n2-c2ccccc2)on1. The molecule has 2 aromatic heterocycles. The lowest BCUT2D eigenvalue weighted by molar-refractivity contribution is -0.113. The predicted octanol–water partition coefficient (Wildman–Crippen LogP) is 2.60. The summed E-state index contributed by atoms with van der Waals surface area (Å²) in [7, 11) is 0. The maximum atomic E-state index is 12.0. The van der Waals surface area contributed by atoms with Crippen molar-refractivity contribution in [3.05, 3.63) is 47.9 Å². The Labute approximate surface area is 137 Å². The standard InChI is InChI=1S/C15H15N5O2S/c1-10-8-14(22-19-10)16-13(21)9-23-15-18-17-11(2)20(15)12-6-4-3-5-7-12/h3-8H,9H2,1-2H3,(H,16,21). The van der Waals surface area contributed by atoms with Gasteiger partial charge in [-0.1, -0.05) is 35.1 Å². The molecule has 0 saturated carbocycles. The Balaban J connectivity index is 1.68. The van der Waals surface area contributed by atoms with Crippen molar-refractivity contribution < 1.29 is 9.32 Å². The molecule has 23 heavy (non-hydrogen) atoms. The monoisotopic (exact) mass is 329 g/mol. The van der Waals surface area contributed by atoms with Gasteiger partial charge in [-0.3, -0.25) is 14.7 Å². The van der Waals surface area contributed by atoms with Crippen LogP contribution in [0.25, 0.3) is 5.69 Å². The van der Waals surface area contributed by atoms with Gasteiger partial charge in [-0.05, 0) is 26.0 Å². The van der Waals surface area contributed by atoms with Crippen LogP contribution in [0.15, 0.2) is 46.1 Å². The molecule has 2 heterocycles. The number of aryl methyl sites for hydroxylation is 2. The second-order valence-electron chi connectivity index (χ2n) is 4.87. The quantitative estimate of drug-likeness (QED) is 0.724. The van der Waals surface area contributed by atoms with Gasteiger partial charge in [0.25, 0.3) is 0 Å². The Hall–Kier alpha value is -2.61. The fourth-order valence-corrected chi connectivity index (χ4v) is 2.83. The van der Waals surface area contributed by atoms with E-state index < -0.39 is 0 Å². The number of anilines is 1. The van der Waals surface area contributed by atoms with E-state index in [2.05, 4.69) is 20.7 Å². The number of benzene rings is 1. The average molecular weight is 329 g/mol. The Morgan fingerprint density at radius 2 is 2.04 bits per heavy atom. The number of nitrogens with zero attached hydrogens (tertiary/aromatic N) is 4. The first-order valence-electron chi connectivity index (χ1n) is 6.97. The number of aromatic nitrogens is 4. The number of hydrogen-bond acceptors (Lipinski definition) is 6. The Morgan fingerprint density at radius 3 is 2.74 bits per heavy atom. The summed E-state index contributed by atoms with van der Waals surface area (Å²) < 4.78 is 6.87. The fraction of sp³-hybridized carbons (Fsp3) is 0.200. The molecule has 3 rings (SSSR count). The van der Waals surface area contributed by atoms with Crippen LogP contribution in [0.1, 0.15) is 11.5 Å². The lowest BCUT2D eigenvalue weighted by Gasteiger charge is -2.07. The number of carbonyl (C=O) groups is 1. The van der Waals surface area contributed by atoms with Gasteiger partial charge in [0.1, 0.15) is 5.82 Å². The minimum Gasteiger partial charge on any atom is -0.338 e. The number of carbonyl (C=O) groups excluding carboxylic acids is 1. The van der Waals surface area contributed by atoms with Crippen molar-refractivity contribution in [2.75, 3.05) is 11.1 Å². The number of thioether (sulfide) groups is 1. The van der Waals surface area contributed by atoms with Crippen molar-refractivity contribution in [2.24, 2.45) is 0 Å². The summed E-state index contributed by atoms with van der Waals surface area (Å²) in [6, 6.07) is 11.4. The van der Waals surface area contributed by atoms with Crippen LogP contribution in [0, 0.1) is 13.8 Å². The van der Waals surface area contributed by atoms with Crippen LogP contribution in [0.5, 0.6) is 0 Å². The molecular weight excluding hydrogens is 314 g/mol. The summed E-state index contributed by atoms with van der Waals surface area (Å²) in [4.78, 5) is 12.0. The van der Waals surface area contributed by atoms with Crippen LogP contribution in [0.4, 0.5) is 5.88 Å². The van der Waals surface area contributed by atoms with Gasteiger partial charge < -0.3 is 4.52 Å². The molecule has 7 nitrogen and oxygen atoms in total. The van der Waals surface area contributed by atoms with E-state index in [1.54, 1.807) is 13.0 Å². The first-order chi connectivity index (χ1) is 11.1. The van der Waals surface area contributed by atoms with Crippen molar-refractivity contribution >= 4 is 23.6 Å². The maximum Gasteiger partial charge on any atom is 0.237 e. The van der Waals surface area contributed by atoms with E-state index in [0.717, 1.165) is 11.5 Å². The minimum absolute atomic E-state index is 0.189. The van der Waals surface area contributed by atoms with Crippen molar-refractivity contribution in [1.29, 1.82) is 0 Å². The Morgan fingerprint density at radius 1 is 1.26 bits per heavy atom. The lowest BCUT2D eigenvalue weighted by atomic mass is 10.3. The predicted molar refractivity (Wildman–Crippen MR) is 86.7 cm³/mol. The zero-order chi connectivity index (χ0) is 16.2. The molecule has 3 aromatic rings. The molecule has 1 amide bonds. The van der Waals surface area contributed by atoms with Crippen molar-refractivity contribution in [1.82, 2.24) is 19.9 Å². The van der Waals surface area contributed by atoms with E-state index >= 15 is 0 Å². The van der Waals surface area contributed by atoms with Crippen LogP contribution >= 0.6 is 11.8 Å². The van der Waals surface area contributed by atoms with Crippen LogP contribution in [0.3, 0.4) is 0 Å². The highest BCUT2D eigenvalue weighted by Crippen LogP contribution is 2.21. The van der Waals surface area contributed by atoms with E-state index in [4.69, 9.17) is 4.52 Å². The molecule has 0 spiro atoms. The number of para-hydroxylation sites is 1. The van der Waals surface area contributed by atoms with Crippen LogP contribution in [0.2, 0.25) is 0 Å². The smallest absolute Gasteiger partial charge is 0.237 e. The van der Waals surface area contributed by atoms with E-state index in [1.165, 1.54) is 11.8 Å². The van der Waals surface area contributed by atoms with Gasteiger partial charge in [0, 0.05) is 11.8 Å². The van der Waals surface area contributed by atoms with Gasteiger partial charge in [-0.25, -0.2) is 0 Å². The Kier molecular flexibility index (Phi) is 4.42. The van der Waals surface area contributed by atoms with Crippen molar-refractivity contribution in [3.63, 3.8) is 0 Å². The van der Waals surface area contributed by atoms with E-state index in [1.807, 2.05) is 41.8 Å². The Bertz CT molecular complexity index is 812. The summed E-state index contributed by atoms with van der Waals surface area (Å²) in [6.07, 6.45) is 0. The highest BCUT2D eigenvalue weighted by atomic mass is 32.2. The third-order valence-electron chi connectivity index (χ3n) is 3.03. The van der Waals surface area contributed by atoms with E-state index in [0.29, 0.717) is 16.7 Å². The highest BCUT2D eigenvalue weighted by Gasteiger charge is 2.14. The molecule has 0 bridgehead atoms. The highest BCUT2D eigenvalue weighted by molar-refractivity contribution is 7.99. The average Bonchev–Trinajstić information content (AvgIpc) is 3.12. The summed E-state index contributed by atoms with van der Waals surface area (Å²) in [5, 5.41) is 15.3. The van der Waals surface area contributed by atoms with Gasteiger partial charge in [0.15, 0.2) is 5.16 Å². The summed E-state index contributed by atoms with van der Waals surface area (Å²) in [5.41, 5.74) is 1.68. The molecule has 0 saturated heterocycles. The van der Waals surface area contributed by atoms with E-state index in [-0.39, 0.29) is 11.7 Å². The molecule has 0 atom stereocenters.